The van der Waals surface area contributed by atoms with E-state index in [1.807, 2.05) is 10.9 Å². The highest BCUT2D eigenvalue weighted by Crippen LogP contribution is 2.58. The van der Waals surface area contributed by atoms with Crippen LogP contribution in [0.25, 0.3) is 5.69 Å². The quantitative estimate of drug-likeness (QED) is 0.519. The van der Waals surface area contributed by atoms with Gasteiger partial charge in [0.25, 0.3) is 0 Å². The van der Waals surface area contributed by atoms with Crippen LogP contribution >= 0.6 is 0 Å². The Labute approximate surface area is 192 Å². The normalized spacial score (nSPS) is 30.4. The van der Waals surface area contributed by atoms with Crippen molar-refractivity contribution in [2.24, 2.45) is 29.1 Å². The van der Waals surface area contributed by atoms with Gasteiger partial charge < -0.3 is 9.47 Å². The third kappa shape index (κ3) is 3.40. The summed E-state index contributed by atoms with van der Waals surface area (Å²) in [4.78, 5) is 25.3. The molecule has 0 spiro atoms. The average Bonchev–Trinajstić information content (AvgIpc) is 3.23. The minimum absolute atomic E-state index is 0.0229. The molecule has 6 nitrogen and oxygen atoms in total. The third-order valence-corrected chi connectivity index (χ3v) is 8.25. The van der Waals surface area contributed by atoms with Gasteiger partial charge in [0.15, 0.2) is 0 Å². The fraction of sp³-hybridized carbons (Fsp3) is 0.500. The molecule has 5 rings (SSSR count). The number of carbonyl (C=O) groups excluding carboxylic acids is 2. The van der Waals surface area contributed by atoms with Gasteiger partial charge in [-0.25, -0.2) is 9.07 Å². The van der Waals surface area contributed by atoms with Gasteiger partial charge in [0, 0.05) is 5.69 Å². The molecule has 33 heavy (non-hydrogen) atoms. The van der Waals surface area contributed by atoms with Crippen molar-refractivity contribution in [3.8, 4) is 5.69 Å². The van der Waals surface area contributed by atoms with Crippen LogP contribution in [0.4, 0.5) is 4.39 Å². The van der Waals surface area contributed by atoms with Gasteiger partial charge in [-0.05, 0) is 79.2 Å². The number of fused-ring (bicyclic) bond motifs is 4. The minimum Gasteiger partial charge on any atom is -0.469 e. The van der Waals surface area contributed by atoms with Crippen molar-refractivity contribution < 1.29 is 23.5 Å². The molecule has 0 saturated heterocycles. The van der Waals surface area contributed by atoms with Crippen LogP contribution in [0.3, 0.4) is 0 Å². The molecule has 1 aromatic heterocycles. The summed E-state index contributed by atoms with van der Waals surface area (Å²) in [6.45, 7) is 2.29. The van der Waals surface area contributed by atoms with E-state index in [-0.39, 0.29) is 29.1 Å². The Morgan fingerprint density at radius 3 is 2.55 bits per heavy atom. The summed E-state index contributed by atoms with van der Waals surface area (Å²) < 4.78 is 25.5. The van der Waals surface area contributed by atoms with E-state index >= 15 is 0 Å². The molecular weight excluding hydrogens is 423 g/mol. The highest BCUT2D eigenvalue weighted by Gasteiger charge is 2.54. The van der Waals surface area contributed by atoms with Crippen molar-refractivity contribution >= 4 is 11.9 Å². The molecule has 2 aromatic rings. The Morgan fingerprint density at radius 1 is 1.12 bits per heavy atom. The second kappa shape index (κ2) is 8.12. The van der Waals surface area contributed by atoms with Crippen molar-refractivity contribution in [1.82, 2.24) is 9.78 Å². The van der Waals surface area contributed by atoms with Crippen molar-refractivity contribution in [3.05, 3.63) is 59.2 Å². The first-order valence-electron chi connectivity index (χ1n) is 11.5. The number of benzene rings is 1. The highest BCUT2D eigenvalue weighted by atomic mass is 19.1. The summed E-state index contributed by atoms with van der Waals surface area (Å²) in [7, 11) is 2.76. The molecule has 0 radical (unpaired) electrons. The SMILES string of the molecule is COC(=O)C1CC=C2C(CCC3Cc4c(cnn4-c4ccc(F)cc4)CC23C)C1C(=O)OC. The zero-order valence-electron chi connectivity index (χ0n) is 19.2. The lowest BCUT2D eigenvalue weighted by Gasteiger charge is -2.53. The average molecular weight is 453 g/mol. The molecule has 1 fully saturated rings. The Balaban J connectivity index is 1.51. The lowest BCUT2D eigenvalue weighted by atomic mass is 9.51. The predicted molar refractivity (Wildman–Crippen MR) is 119 cm³/mol. The first-order valence-corrected chi connectivity index (χ1v) is 11.5. The molecule has 1 saturated carbocycles. The Bertz CT molecular complexity index is 1120. The summed E-state index contributed by atoms with van der Waals surface area (Å²) in [5.41, 5.74) is 4.38. The number of halogens is 1. The minimum atomic E-state index is -0.511. The summed E-state index contributed by atoms with van der Waals surface area (Å²) >= 11 is 0. The maximum atomic E-state index is 13.4. The number of ether oxygens (including phenoxy) is 2. The number of allylic oxidation sites excluding steroid dienone is 2. The fourth-order valence-corrected chi connectivity index (χ4v) is 6.59. The topological polar surface area (TPSA) is 70.4 Å². The molecule has 174 valence electrons. The lowest BCUT2D eigenvalue weighted by Crippen LogP contribution is -2.50. The fourth-order valence-electron chi connectivity index (χ4n) is 6.59. The maximum Gasteiger partial charge on any atom is 0.310 e. The summed E-state index contributed by atoms with van der Waals surface area (Å²) in [5.74, 6) is -1.58. The molecule has 3 aliphatic carbocycles. The molecule has 0 bridgehead atoms. The molecule has 1 heterocycles. The highest BCUT2D eigenvalue weighted by molar-refractivity contribution is 5.83. The predicted octanol–water partition coefficient (Wildman–Crippen LogP) is 4.05. The molecule has 1 aromatic carbocycles. The molecule has 3 aliphatic rings. The third-order valence-electron chi connectivity index (χ3n) is 8.25. The van der Waals surface area contributed by atoms with Gasteiger partial charge >= 0.3 is 11.9 Å². The van der Waals surface area contributed by atoms with E-state index in [0.29, 0.717) is 12.3 Å². The molecule has 0 aliphatic heterocycles. The number of rotatable bonds is 3. The molecular formula is C26H29FN2O4. The van der Waals surface area contributed by atoms with E-state index in [1.165, 1.54) is 43.2 Å². The van der Waals surface area contributed by atoms with Gasteiger partial charge in [0.2, 0.25) is 0 Å². The van der Waals surface area contributed by atoms with Gasteiger partial charge in [-0.2, -0.15) is 5.10 Å². The largest absolute Gasteiger partial charge is 0.469 e. The van der Waals surface area contributed by atoms with Crippen LogP contribution in [0.5, 0.6) is 0 Å². The second-order valence-electron chi connectivity index (χ2n) is 9.76. The van der Waals surface area contributed by atoms with Crippen molar-refractivity contribution in [2.75, 3.05) is 14.2 Å². The van der Waals surface area contributed by atoms with Crippen LogP contribution in [0.2, 0.25) is 0 Å². The number of aromatic nitrogens is 2. The standard InChI is InChI=1S/C26H29FN2O4/c1-26-13-15-14-28-29(18-7-5-17(27)6-8-18)22(15)12-16(26)4-9-19-21(26)11-10-20(24(30)32-2)23(19)25(31)33-3/h5-8,11,14,16,19-20,23H,4,9-10,12-13H2,1-3H3. The molecule has 5 atom stereocenters. The number of methoxy groups -OCH3 is 2. The van der Waals surface area contributed by atoms with Crippen LogP contribution in [0, 0.1) is 34.9 Å². The number of carbonyl (C=O) groups is 2. The van der Waals surface area contributed by atoms with E-state index in [2.05, 4.69) is 18.1 Å². The second-order valence-corrected chi connectivity index (χ2v) is 9.76. The zero-order valence-corrected chi connectivity index (χ0v) is 19.2. The van der Waals surface area contributed by atoms with Crippen LogP contribution in [-0.4, -0.2) is 35.9 Å². The molecule has 0 amide bonds. The van der Waals surface area contributed by atoms with Gasteiger partial charge in [-0.15, -0.1) is 0 Å². The van der Waals surface area contributed by atoms with Gasteiger partial charge in [0.05, 0.1) is 37.9 Å². The summed E-state index contributed by atoms with van der Waals surface area (Å²) in [5, 5.41) is 4.63. The van der Waals surface area contributed by atoms with E-state index in [4.69, 9.17) is 9.47 Å². The van der Waals surface area contributed by atoms with Crippen molar-refractivity contribution in [2.45, 2.75) is 39.0 Å². The molecule has 5 unspecified atom stereocenters. The summed E-state index contributed by atoms with van der Waals surface area (Å²) in [6.07, 6.45) is 8.08. The summed E-state index contributed by atoms with van der Waals surface area (Å²) in [6, 6.07) is 6.42. The van der Waals surface area contributed by atoms with Gasteiger partial charge in [-0.1, -0.05) is 18.6 Å². The molecule has 7 heteroatoms. The zero-order chi connectivity index (χ0) is 23.3. The van der Waals surface area contributed by atoms with Crippen molar-refractivity contribution in [1.29, 1.82) is 0 Å². The molecule has 0 N–H and O–H groups in total. The van der Waals surface area contributed by atoms with Crippen LogP contribution in [-0.2, 0) is 31.9 Å². The number of hydrogen-bond donors (Lipinski definition) is 0. The Kier molecular flexibility index (Phi) is 5.38. The van der Waals surface area contributed by atoms with Crippen LogP contribution in [0.15, 0.2) is 42.1 Å². The van der Waals surface area contributed by atoms with Gasteiger partial charge in [0.1, 0.15) is 5.82 Å². The van der Waals surface area contributed by atoms with E-state index < -0.39 is 11.8 Å². The number of nitrogens with zero attached hydrogens (tertiary/aromatic N) is 2. The van der Waals surface area contributed by atoms with E-state index in [9.17, 15) is 14.0 Å². The monoisotopic (exact) mass is 452 g/mol. The van der Waals surface area contributed by atoms with Crippen LogP contribution in [0.1, 0.15) is 37.4 Å². The Morgan fingerprint density at radius 2 is 1.85 bits per heavy atom. The first kappa shape index (κ1) is 21.9. The first-order chi connectivity index (χ1) is 15.9. The van der Waals surface area contributed by atoms with E-state index in [1.54, 1.807) is 12.1 Å². The number of esters is 2. The maximum absolute atomic E-state index is 13.4. The lowest BCUT2D eigenvalue weighted by molar-refractivity contribution is -0.161. The smallest absolute Gasteiger partial charge is 0.310 e. The van der Waals surface area contributed by atoms with Gasteiger partial charge in [-0.3, -0.25) is 9.59 Å². The van der Waals surface area contributed by atoms with Crippen LogP contribution < -0.4 is 0 Å². The van der Waals surface area contributed by atoms with Crippen molar-refractivity contribution in [3.63, 3.8) is 0 Å². The Hall–Kier alpha value is -2.96. The van der Waals surface area contributed by atoms with E-state index in [0.717, 1.165) is 31.4 Å². The number of hydrogen-bond acceptors (Lipinski definition) is 5.